The molecule has 1 aromatic heterocycles. The minimum absolute atomic E-state index is 0. The predicted molar refractivity (Wildman–Crippen MR) is 124 cm³/mol. The number of rotatable bonds is 6. The van der Waals surface area contributed by atoms with Crippen molar-refractivity contribution in [2.24, 2.45) is 4.99 Å². The van der Waals surface area contributed by atoms with E-state index in [-0.39, 0.29) is 24.0 Å². The van der Waals surface area contributed by atoms with E-state index in [1.54, 1.807) is 6.33 Å². The summed E-state index contributed by atoms with van der Waals surface area (Å²) in [7, 11) is 1.81. The Bertz CT molecular complexity index is 732. The number of halogens is 2. The highest BCUT2D eigenvalue weighted by atomic mass is 127. The second kappa shape index (κ2) is 10.8. The first kappa shape index (κ1) is 21.9. The average molecular weight is 548 g/mol. The molecule has 1 fully saturated rings. The Morgan fingerprint density at radius 3 is 2.81 bits per heavy atom. The van der Waals surface area contributed by atoms with E-state index in [2.05, 4.69) is 82.4 Å². The number of hydrogen-bond donors (Lipinski definition) is 2. The van der Waals surface area contributed by atoms with Crippen molar-refractivity contribution >= 4 is 51.6 Å². The van der Waals surface area contributed by atoms with E-state index in [0.29, 0.717) is 6.04 Å². The average Bonchev–Trinajstić information content (AvgIpc) is 3.30. The molecule has 7 nitrogen and oxygen atoms in total. The number of nitrogens with one attached hydrogen (secondary N) is 2. The highest BCUT2D eigenvalue weighted by Crippen LogP contribution is 2.22. The summed E-state index contributed by atoms with van der Waals surface area (Å²) in [6, 6.07) is 8.89. The zero-order valence-electron chi connectivity index (χ0n) is 15.7. The lowest BCUT2D eigenvalue weighted by Gasteiger charge is -2.20. The molecule has 148 valence electrons. The van der Waals surface area contributed by atoms with Crippen LogP contribution in [0.5, 0.6) is 0 Å². The SMILES string of the molecule is CCc1nncn1CCNC(=NC)NC1CCN(c2ccc(Br)cc2)C1.I. The second-order valence-electron chi connectivity index (χ2n) is 6.35. The van der Waals surface area contributed by atoms with E-state index in [0.717, 1.165) is 55.3 Å². The van der Waals surface area contributed by atoms with Crippen LogP contribution < -0.4 is 15.5 Å². The molecule has 2 aromatic rings. The van der Waals surface area contributed by atoms with Gasteiger partial charge in [0.15, 0.2) is 5.96 Å². The Morgan fingerprint density at radius 2 is 2.11 bits per heavy atom. The van der Waals surface area contributed by atoms with Crippen LogP contribution in [0.25, 0.3) is 0 Å². The summed E-state index contributed by atoms with van der Waals surface area (Å²) in [6.45, 7) is 5.73. The van der Waals surface area contributed by atoms with Gasteiger partial charge in [-0.1, -0.05) is 22.9 Å². The molecule has 2 heterocycles. The number of nitrogens with zero attached hydrogens (tertiary/aromatic N) is 5. The van der Waals surface area contributed by atoms with Crippen molar-refractivity contribution in [3.8, 4) is 0 Å². The van der Waals surface area contributed by atoms with Gasteiger partial charge in [0, 0.05) is 55.8 Å². The molecule has 0 radical (unpaired) electrons. The van der Waals surface area contributed by atoms with Gasteiger partial charge in [-0.05, 0) is 30.7 Å². The summed E-state index contributed by atoms with van der Waals surface area (Å²) in [5.74, 6) is 1.86. The van der Waals surface area contributed by atoms with Gasteiger partial charge in [-0.25, -0.2) is 0 Å². The van der Waals surface area contributed by atoms with Crippen molar-refractivity contribution < 1.29 is 0 Å². The van der Waals surface area contributed by atoms with Gasteiger partial charge in [-0.15, -0.1) is 34.2 Å². The third-order valence-corrected chi connectivity index (χ3v) is 5.13. The van der Waals surface area contributed by atoms with Crippen molar-refractivity contribution in [3.63, 3.8) is 0 Å². The van der Waals surface area contributed by atoms with Gasteiger partial charge >= 0.3 is 0 Å². The minimum atomic E-state index is 0. The summed E-state index contributed by atoms with van der Waals surface area (Å²) in [6.07, 6.45) is 3.77. The first-order chi connectivity index (χ1) is 12.7. The van der Waals surface area contributed by atoms with Crippen LogP contribution in [0, 0.1) is 0 Å². The summed E-state index contributed by atoms with van der Waals surface area (Å²) >= 11 is 3.49. The molecule has 0 aliphatic carbocycles. The van der Waals surface area contributed by atoms with Crippen molar-refractivity contribution in [1.82, 2.24) is 25.4 Å². The summed E-state index contributed by atoms with van der Waals surface area (Å²) < 4.78 is 3.18. The molecule has 1 aliphatic heterocycles. The Labute approximate surface area is 186 Å². The lowest BCUT2D eigenvalue weighted by atomic mass is 10.3. The molecule has 0 amide bonds. The third kappa shape index (κ3) is 6.06. The molecule has 1 saturated heterocycles. The molecular weight excluding hydrogens is 521 g/mol. The molecule has 1 unspecified atom stereocenters. The van der Waals surface area contributed by atoms with E-state index < -0.39 is 0 Å². The standard InChI is InChI=1S/C18H26BrN7.HI/c1-3-17-24-22-13-26(17)11-9-21-18(20-2)23-15-8-10-25(12-15)16-6-4-14(19)5-7-16;/h4-7,13,15H,3,8-12H2,1-2H3,(H2,20,21,23);1H. The number of benzene rings is 1. The maximum Gasteiger partial charge on any atom is 0.191 e. The molecule has 1 atom stereocenters. The van der Waals surface area contributed by atoms with Gasteiger partial charge < -0.3 is 20.1 Å². The van der Waals surface area contributed by atoms with Gasteiger partial charge in [-0.2, -0.15) is 0 Å². The maximum atomic E-state index is 4.35. The number of guanidine groups is 1. The molecule has 1 aliphatic rings. The Hall–Kier alpha value is -1.36. The second-order valence-corrected chi connectivity index (χ2v) is 7.26. The fraction of sp³-hybridized carbons (Fsp3) is 0.500. The normalized spacial score (nSPS) is 16.9. The minimum Gasteiger partial charge on any atom is -0.369 e. The molecular formula is C18H27BrIN7. The zero-order chi connectivity index (χ0) is 18.4. The molecule has 9 heteroatoms. The smallest absolute Gasteiger partial charge is 0.191 e. The third-order valence-electron chi connectivity index (χ3n) is 4.60. The van der Waals surface area contributed by atoms with E-state index in [1.165, 1.54) is 5.69 Å². The lowest BCUT2D eigenvalue weighted by molar-refractivity contribution is 0.611. The van der Waals surface area contributed by atoms with Gasteiger partial charge in [0.2, 0.25) is 0 Å². The van der Waals surface area contributed by atoms with Crippen LogP contribution in [0.2, 0.25) is 0 Å². The molecule has 2 N–H and O–H groups in total. The van der Waals surface area contributed by atoms with Gasteiger partial charge in [-0.3, -0.25) is 4.99 Å². The predicted octanol–water partition coefficient (Wildman–Crippen LogP) is 2.66. The molecule has 0 bridgehead atoms. The largest absolute Gasteiger partial charge is 0.369 e. The highest BCUT2D eigenvalue weighted by Gasteiger charge is 2.23. The van der Waals surface area contributed by atoms with Crippen molar-refractivity contribution in [3.05, 3.63) is 40.9 Å². The number of aryl methyl sites for hydroxylation is 1. The van der Waals surface area contributed by atoms with Crippen LogP contribution in [0.3, 0.4) is 0 Å². The van der Waals surface area contributed by atoms with Crippen LogP contribution in [-0.4, -0.2) is 53.4 Å². The van der Waals surface area contributed by atoms with Crippen molar-refractivity contribution in [2.45, 2.75) is 32.4 Å². The molecule has 0 saturated carbocycles. The number of anilines is 1. The topological polar surface area (TPSA) is 70.4 Å². The van der Waals surface area contributed by atoms with Crippen LogP contribution in [0.15, 0.2) is 40.1 Å². The fourth-order valence-corrected chi connectivity index (χ4v) is 3.45. The fourth-order valence-electron chi connectivity index (χ4n) is 3.19. The van der Waals surface area contributed by atoms with E-state index in [9.17, 15) is 0 Å². The molecule has 1 aromatic carbocycles. The first-order valence-corrected chi connectivity index (χ1v) is 9.83. The maximum absolute atomic E-state index is 4.35. The molecule has 3 rings (SSSR count). The first-order valence-electron chi connectivity index (χ1n) is 9.04. The summed E-state index contributed by atoms with van der Waals surface area (Å²) in [5.41, 5.74) is 1.26. The van der Waals surface area contributed by atoms with Crippen LogP contribution in [0.1, 0.15) is 19.2 Å². The van der Waals surface area contributed by atoms with Gasteiger partial charge in [0.25, 0.3) is 0 Å². The van der Waals surface area contributed by atoms with Crippen LogP contribution in [0.4, 0.5) is 5.69 Å². The Balaban J connectivity index is 0.00000261. The monoisotopic (exact) mass is 547 g/mol. The van der Waals surface area contributed by atoms with Gasteiger partial charge in [0.1, 0.15) is 12.2 Å². The zero-order valence-corrected chi connectivity index (χ0v) is 19.6. The van der Waals surface area contributed by atoms with E-state index in [1.807, 2.05) is 7.05 Å². The summed E-state index contributed by atoms with van der Waals surface area (Å²) in [4.78, 5) is 6.76. The Morgan fingerprint density at radius 1 is 1.33 bits per heavy atom. The van der Waals surface area contributed by atoms with E-state index >= 15 is 0 Å². The van der Waals surface area contributed by atoms with Crippen LogP contribution >= 0.6 is 39.9 Å². The number of aromatic nitrogens is 3. The number of hydrogen-bond acceptors (Lipinski definition) is 4. The van der Waals surface area contributed by atoms with E-state index in [4.69, 9.17) is 0 Å². The molecule has 27 heavy (non-hydrogen) atoms. The number of aliphatic imine (C=N–C) groups is 1. The van der Waals surface area contributed by atoms with Crippen LogP contribution in [-0.2, 0) is 13.0 Å². The molecule has 0 spiro atoms. The van der Waals surface area contributed by atoms with Gasteiger partial charge in [0.05, 0.1) is 0 Å². The quantitative estimate of drug-likeness (QED) is 0.330. The van der Waals surface area contributed by atoms with Crippen molar-refractivity contribution in [2.75, 3.05) is 31.6 Å². The van der Waals surface area contributed by atoms with Crippen molar-refractivity contribution in [1.29, 1.82) is 0 Å². The summed E-state index contributed by atoms with van der Waals surface area (Å²) in [5, 5.41) is 15.0. The highest BCUT2D eigenvalue weighted by molar-refractivity contribution is 14.0. The lowest BCUT2D eigenvalue weighted by Crippen LogP contribution is -2.45. The Kier molecular flexibility index (Phi) is 8.81.